The highest BCUT2D eigenvalue weighted by Crippen LogP contribution is 2.29. The van der Waals surface area contributed by atoms with Gasteiger partial charge in [-0.05, 0) is 6.07 Å². The predicted molar refractivity (Wildman–Crippen MR) is 61.5 cm³/mol. The van der Waals surface area contributed by atoms with Crippen LogP contribution in [0.15, 0.2) is 24.3 Å². The minimum Gasteiger partial charge on any atom is -0.475 e. The van der Waals surface area contributed by atoms with Crippen molar-refractivity contribution >= 4 is 5.69 Å². The summed E-state index contributed by atoms with van der Waals surface area (Å²) in [6, 6.07) is 5.54. The lowest BCUT2D eigenvalue weighted by atomic mass is 10.1. The van der Waals surface area contributed by atoms with Crippen LogP contribution in [0.1, 0.15) is 0 Å². The van der Waals surface area contributed by atoms with Crippen LogP contribution in [0, 0.1) is 10.1 Å². The van der Waals surface area contributed by atoms with Crippen LogP contribution >= 0.6 is 0 Å². The minimum atomic E-state index is -1.47. The zero-order valence-electron chi connectivity index (χ0n) is 9.75. The van der Waals surface area contributed by atoms with Crippen molar-refractivity contribution in [3.63, 3.8) is 0 Å². The molecule has 1 fully saturated rings. The van der Waals surface area contributed by atoms with Gasteiger partial charge >= 0.3 is 5.69 Å². The maximum atomic E-state index is 10.8. The van der Waals surface area contributed by atoms with Crippen molar-refractivity contribution < 1.29 is 29.7 Å². The summed E-state index contributed by atoms with van der Waals surface area (Å²) in [6.45, 7) is -0.237. The first-order chi connectivity index (χ1) is 9.00. The Balaban J connectivity index is 2.22. The fourth-order valence-electron chi connectivity index (χ4n) is 1.76. The lowest BCUT2D eigenvalue weighted by Gasteiger charge is -2.35. The molecule has 0 aliphatic carbocycles. The average Bonchev–Trinajstić information content (AvgIpc) is 2.39. The van der Waals surface area contributed by atoms with Gasteiger partial charge in [0.2, 0.25) is 0 Å². The van der Waals surface area contributed by atoms with Crippen LogP contribution in [0.3, 0.4) is 0 Å². The summed E-state index contributed by atoms with van der Waals surface area (Å²) in [5.41, 5.74) is -0.304. The van der Waals surface area contributed by atoms with Crippen molar-refractivity contribution in [2.24, 2.45) is 0 Å². The molecule has 8 heteroatoms. The summed E-state index contributed by atoms with van der Waals surface area (Å²) < 4.78 is 10.0. The van der Waals surface area contributed by atoms with E-state index in [-0.39, 0.29) is 18.0 Å². The van der Waals surface area contributed by atoms with Gasteiger partial charge in [0.05, 0.1) is 11.5 Å². The summed E-state index contributed by atoms with van der Waals surface area (Å²) in [4.78, 5) is 10.2. The average molecular weight is 271 g/mol. The summed E-state index contributed by atoms with van der Waals surface area (Å²) >= 11 is 0. The molecular formula is C11H13NO7. The smallest absolute Gasteiger partial charge is 0.310 e. The van der Waals surface area contributed by atoms with Crippen molar-refractivity contribution in [1.82, 2.24) is 0 Å². The standard InChI is InChI=1S/C11H13NO7/c13-7-5-18-11(15)10(9(7)14)19-8-4-2-1-3-6(8)12(16)17/h1-4,7,9-11,13-15H,5H2/t7-,9-,10+,11+/m0/s1. The number of aliphatic hydroxyl groups excluding tert-OH is 3. The van der Waals surface area contributed by atoms with Gasteiger partial charge in [-0.1, -0.05) is 12.1 Å². The molecular weight excluding hydrogens is 258 g/mol. The molecule has 2 rings (SSSR count). The van der Waals surface area contributed by atoms with E-state index in [1.54, 1.807) is 0 Å². The Morgan fingerprint density at radius 3 is 2.68 bits per heavy atom. The number of aliphatic hydroxyl groups is 3. The van der Waals surface area contributed by atoms with Crippen molar-refractivity contribution in [1.29, 1.82) is 0 Å². The second-order valence-corrected chi connectivity index (χ2v) is 4.09. The van der Waals surface area contributed by atoms with Gasteiger partial charge in [-0.25, -0.2) is 0 Å². The van der Waals surface area contributed by atoms with E-state index in [0.29, 0.717) is 0 Å². The number of para-hydroxylation sites is 2. The number of rotatable bonds is 3. The van der Waals surface area contributed by atoms with Crippen molar-refractivity contribution in [3.8, 4) is 5.75 Å². The zero-order valence-corrected chi connectivity index (χ0v) is 9.75. The molecule has 19 heavy (non-hydrogen) atoms. The first kappa shape index (κ1) is 13.7. The highest BCUT2D eigenvalue weighted by molar-refractivity contribution is 5.45. The molecule has 0 unspecified atom stereocenters. The molecule has 104 valence electrons. The summed E-state index contributed by atoms with van der Waals surface area (Å²) in [5.74, 6) is -0.117. The van der Waals surface area contributed by atoms with E-state index in [1.807, 2.05) is 0 Å². The molecule has 0 saturated carbocycles. The molecule has 4 atom stereocenters. The number of nitrogens with zero attached hydrogens (tertiary/aromatic N) is 1. The normalized spacial score (nSPS) is 30.9. The van der Waals surface area contributed by atoms with Crippen molar-refractivity contribution in [2.75, 3.05) is 6.61 Å². The second-order valence-electron chi connectivity index (χ2n) is 4.09. The molecule has 8 nitrogen and oxygen atoms in total. The first-order valence-corrected chi connectivity index (χ1v) is 5.56. The quantitative estimate of drug-likeness (QED) is 0.496. The Morgan fingerprint density at radius 1 is 1.32 bits per heavy atom. The Bertz CT molecular complexity index is 466. The minimum absolute atomic E-state index is 0.117. The molecule has 0 spiro atoms. The molecule has 0 amide bonds. The molecule has 1 aliphatic heterocycles. The molecule has 1 aliphatic rings. The Labute approximate surface area is 108 Å². The molecule has 1 heterocycles. The van der Waals surface area contributed by atoms with Crippen LogP contribution in [0.2, 0.25) is 0 Å². The first-order valence-electron chi connectivity index (χ1n) is 5.56. The highest BCUT2D eigenvalue weighted by Gasteiger charge is 2.40. The highest BCUT2D eigenvalue weighted by atomic mass is 16.7. The van der Waals surface area contributed by atoms with E-state index in [4.69, 9.17) is 9.47 Å². The molecule has 0 bridgehead atoms. The fraction of sp³-hybridized carbons (Fsp3) is 0.455. The number of nitro groups is 1. The fourth-order valence-corrected chi connectivity index (χ4v) is 1.76. The van der Waals surface area contributed by atoms with E-state index in [0.717, 1.165) is 0 Å². The molecule has 0 aromatic heterocycles. The maximum Gasteiger partial charge on any atom is 0.310 e. The Morgan fingerprint density at radius 2 is 2.00 bits per heavy atom. The maximum absolute atomic E-state index is 10.8. The van der Waals surface area contributed by atoms with Gasteiger partial charge in [-0.15, -0.1) is 0 Å². The van der Waals surface area contributed by atoms with Crippen molar-refractivity contribution in [3.05, 3.63) is 34.4 Å². The van der Waals surface area contributed by atoms with Gasteiger partial charge in [-0.3, -0.25) is 10.1 Å². The second kappa shape index (κ2) is 5.49. The van der Waals surface area contributed by atoms with Crippen molar-refractivity contribution in [2.45, 2.75) is 24.6 Å². The summed E-state index contributed by atoms with van der Waals surface area (Å²) in [6.07, 6.45) is -5.40. The topological polar surface area (TPSA) is 122 Å². The van der Waals surface area contributed by atoms with Crippen LogP contribution in [-0.2, 0) is 4.74 Å². The number of benzene rings is 1. The number of ether oxygens (including phenoxy) is 2. The van der Waals surface area contributed by atoms with E-state index in [2.05, 4.69) is 0 Å². The van der Waals surface area contributed by atoms with Crippen LogP contribution < -0.4 is 4.74 Å². The van der Waals surface area contributed by atoms with Gasteiger partial charge in [0.25, 0.3) is 0 Å². The third-order valence-corrected chi connectivity index (χ3v) is 2.77. The largest absolute Gasteiger partial charge is 0.475 e. The van der Waals surface area contributed by atoms with E-state index in [9.17, 15) is 25.4 Å². The van der Waals surface area contributed by atoms with Crippen LogP contribution in [-0.4, -0.2) is 51.5 Å². The predicted octanol–water partition coefficient (Wildman–Crippen LogP) is -0.587. The Hall–Kier alpha value is -1.74. The molecule has 3 N–H and O–H groups in total. The molecule has 1 saturated heterocycles. The zero-order chi connectivity index (χ0) is 14.0. The SMILES string of the molecule is O=[N+]([O-])c1ccccc1O[C@@H]1[C@@H](O)[C@@H](O)CO[C@H]1O. The number of nitro benzene ring substituents is 1. The van der Waals surface area contributed by atoms with Crippen LogP contribution in [0.4, 0.5) is 5.69 Å². The van der Waals surface area contributed by atoms with E-state index >= 15 is 0 Å². The van der Waals surface area contributed by atoms with Gasteiger partial charge < -0.3 is 24.8 Å². The lowest BCUT2D eigenvalue weighted by molar-refractivity contribution is -0.386. The monoisotopic (exact) mass is 271 g/mol. The van der Waals surface area contributed by atoms with Gasteiger partial charge in [0, 0.05) is 6.07 Å². The number of hydrogen-bond donors (Lipinski definition) is 3. The summed E-state index contributed by atoms with van der Waals surface area (Å²) in [7, 11) is 0. The lowest BCUT2D eigenvalue weighted by Crippen LogP contribution is -2.55. The van der Waals surface area contributed by atoms with Crippen LogP contribution in [0.25, 0.3) is 0 Å². The Kier molecular flexibility index (Phi) is 3.96. The van der Waals surface area contributed by atoms with Gasteiger partial charge in [-0.2, -0.15) is 0 Å². The van der Waals surface area contributed by atoms with Gasteiger partial charge in [0.15, 0.2) is 18.1 Å². The third-order valence-electron chi connectivity index (χ3n) is 2.77. The molecule has 1 aromatic rings. The third kappa shape index (κ3) is 2.82. The molecule has 0 radical (unpaired) electrons. The van der Waals surface area contributed by atoms with Crippen LogP contribution in [0.5, 0.6) is 5.75 Å². The van der Waals surface area contributed by atoms with Gasteiger partial charge in [0.1, 0.15) is 12.2 Å². The number of hydrogen-bond acceptors (Lipinski definition) is 7. The molecule has 1 aromatic carbocycles. The summed E-state index contributed by atoms with van der Waals surface area (Å²) in [5, 5.41) is 39.5. The van der Waals surface area contributed by atoms with E-state index < -0.39 is 29.5 Å². The van der Waals surface area contributed by atoms with E-state index in [1.165, 1.54) is 24.3 Å².